The molecule has 0 heterocycles. The Labute approximate surface area is 93.8 Å². The van der Waals surface area contributed by atoms with Gasteiger partial charge in [0.1, 0.15) is 0 Å². The maximum Gasteiger partial charge on any atom is 0.227 e. The van der Waals surface area contributed by atoms with Crippen LogP contribution in [0.2, 0.25) is 0 Å². The summed E-state index contributed by atoms with van der Waals surface area (Å²) in [7, 11) is 0. The van der Waals surface area contributed by atoms with Crippen LogP contribution in [0.4, 0.5) is 0 Å². The van der Waals surface area contributed by atoms with E-state index in [1.807, 2.05) is 6.92 Å². The second-order valence-electron chi connectivity index (χ2n) is 3.36. The summed E-state index contributed by atoms with van der Waals surface area (Å²) in [6.45, 7) is 2.40. The summed E-state index contributed by atoms with van der Waals surface area (Å²) < 4.78 is 0. The highest BCUT2D eigenvalue weighted by Crippen LogP contribution is 2.01. The van der Waals surface area contributed by atoms with Crippen molar-refractivity contribution in [2.24, 2.45) is 11.7 Å². The van der Waals surface area contributed by atoms with Gasteiger partial charge in [0.15, 0.2) is 0 Å². The first-order chi connectivity index (χ1) is 7.06. The van der Waals surface area contributed by atoms with Crippen molar-refractivity contribution in [3.63, 3.8) is 0 Å². The van der Waals surface area contributed by atoms with Crippen molar-refractivity contribution >= 4 is 23.6 Å². The molecule has 0 saturated heterocycles. The van der Waals surface area contributed by atoms with Gasteiger partial charge in [0.25, 0.3) is 0 Å². The van der Waals surface area contributed by atoms with E-state index in [1.54, 1.807) is 0 Å². The second kappa shape index (κ2) is 8.55. The van der Waals surface area contributed by atoms with Crippen LogP contribution in [-0.2, 0) is 9.59 Å². The highest BCUT2D eigenvalue weighted by molar-refractivity contribution is 7.99. The molecule has 1 unspecified atom stereocenters. The monoisotopic (exact) mass is 234 g/mol. The van der Waals surface area contributed by atoms with E-state index in [4.69, 9.17) is 10.8 Å². The van der Waals surface area contributed by atoms with Crippen LogP contribution >= 0.6 is 11.8 Å². The van der Waals surface area contributed by atoms with Gasteiger partial charge in [-0.1, -0.05) is 6.92 Å². The predicted octanol–water partition coefficient (Wildman–Crippen LogP) is -0.660. The molecule has 0 aliphatic heterocycles. The Bertz CT molecular complexity index is 212. The van der Waals surface area contributed by atoms with Crippen molar-refractivity contribution in [3.05, 3.63) is 0 Å². The van der Waals surface area contributed by atoms with Gasteiger partial charge in [-0.05, 0) is 5.92 Å². The van der Waals surface area contributed by atoms with Crippen molar-refractivity contribution in [1.82, 2.24) is 5.32 Å². The molecular formula is C9H18N2O3S. The molecule has 0 radical (unpaired) electrons. The molecule has 0 spiro atoms. The van der Waals surface area contributed by atoms with Crippen LogP contribution in [-0.4, -0.2) is 41.6 Å². The second-order valence-corrected chi connectivity index (χ2v) is 4.47. The Morgan fingerprint density at radius 3 is 2.73 bits per heavy atom. The average Bonchev–Trinajstić information content (AvgIpc) is 2.20. The molecule has 0 aromatic carbocycles. The third kappa shape index (κ3) is 9.55. The van der Waals surface area contributed by atoms with Gasteiger partial charge >= 0.3 is 0 Å². The van der Waals surface area contributed by atoms with Crippen molar-refractivity contribution in [1.29, 1.82) is 0 Å². The molecule has 1 atom stereocenters. The summed E-state index contributed by atoms with van der Waals surface area (Å²) in [6.07, 6.45) is 0.371. The number of primary amides is 1. The topological polar surface area (TPSA) is 92.4 Å². The molecule has 15 heavy (non-hydrogen) atoms. The fraction of sp³-hybridized carbons (Fsp3) is 0.778. The first-order valence-corrected chi connectivity index (χ1v) is 5.95. The molecule has 0 aromatic rings. The lowest BCUT2D eigenvalue weighted by Crippen LogP contribution is -2.29. The molecule has 2 amide bonds. The zero-order valence-corrected chi connectivity index (χ0v) is 9.68. The number of nitrogens with two attached hydrogens (primary N) is 1. The maximum atomic E-state index is 11.2. The van der Waals surface area contributed by atoms with Crippen LogP contribution < -0.4 is 11.1 Å². The largest absolute Gasteiger partial charge is 0.396 e. The number of aliphatic hydroxyl groups excluding tert-OH is 1. The van der Waals surface area contributed by atoms with Gasteiger partial charge in [-0.15, -0.1) is 0 Å². The molecule has 4 N–H and O–H groups in total. The summed E-state index contributed by atoms with van der Waals surface area (Å²) in [4.78, 5) is 21.6. The maximum absolute atomic E-state index is 11.2. The van der Waals surface area contributed by atoms with Gasteiger partial charge in [0.2, 0.25) is 11.8 Å². The summed E-state index contributed by atoms with van der Waals surface area (Å²) in [5.74, 6) is 0.483. The molecule has 0 aliphatic carbocycles. The first kappa shape index (κ1) is 14.2. The quantitative estimate of drug-likeness (QED) is 0.486. The van der Waals surface area contributed by atoms with Crippen LogP contribution in [0, 0.1) is 5.92 Å². The molecule has 0 aromatic heterocycles. The number of carbonyl (C=O) groups excluding carboxylic acids is 2. The number of amides is 2. The number of nitrogens with one attached hydrogen (secondary N) is 1. The fourth-order valence-corrected chi connectivity index (χ4v) is 1.45. The Morgan fingerprint density at radius 1 is 1.53 bits per heavy atom. The fourth-order valence-electron chi connectivity index (χ4n) is 0.779. The van der Waals surface area contributed by atoms with E-state index in [-0.39, 0.29) is 30.1 Å². The normalized spacial score (nSPS) is 12.1. The van der Waals surface area contributed by atoms with Crippen molar-refractivity contribution < 1.29 is 14.7 Å². The number of thioether (sulfide) groups is 1. The lowest BCUT2D eigenvalue weighted by Gasteiger charge is -2.09. The van der Waals surface area contributed by atoms with Gasteiger partial charge in [-0.25, -0.2) is 0 Å². The van der Waals surface area contributed by atoms with Crippen LogP contribution in [0.3, 0.4) is 0 Å². The Balaban J connectivity index is 3.37. The van der Waals surface area contributed by atoms with Crippen LogP contribution in [0.5, 0.6) is 0 Å². The summed E-state index contributed by atoms with van der Waals surface area (Å²) in [6, 6.07) is 0. The molecule has 6 heteroatoms. The van der Waals surface area contributed by atoms with Gasteiger partial charge in [-0.3, -0.25) is 9.59 Å². The summed E-state index contributed by atoms with van der Waals surface area (Å²) in [5, 5.41) is 11.4. The summed E-state index contributed by atoms with van der Waals surface area (Å²) in [5.41, 5.74) is 4.94. The van der Waals surface area contributed by atoms with Gasteiger partial charge in [-0.2, -0.15) is 11.8 Å². The van der Waals surface area contributed by atoms with E-state index < -0.39 is 0 Å². The van der Waals surface area contributed by atoms with Crippen molar-refractivity contribution in [2.75, 3.05) is 24.7 Å². The number of carbonyl (C=O) groups is 2. The summed E-state index contributed by atoms with van der Waals surface area (Å²) >= 11 is 1.34. The molecule has 0 aliphatic rings. The van der Waals surface area contributed by atoms with Crippen LogP contribution in [0.15, 0.2) is 0 Å². The smallest absolute Gasteiger partial charge is 0.227 e. The zero-order chi connectivity index (χ0) is 11.7. The standard InChI is InChI=1S/C9H18N2O3S/c1-7(5-12)4-11-9(14)2-3-15-6-8(10)13/h7,12H,2-6H2,1H3,(H2,10,13)(H,11,14). The minimum Gasteiger partial charge on any atom is -0.396 e. The van der Waals surface area contributed by atoms with Crippen molar-refractivity contribution in [3.8, 4) is 0 Å². The highest BCUT2D eigenvalue weighted by atomic mass is 32.2. The van der Waals surface area contributed by atoms with E-state index in [0.29, 0.717) is 18.7 Å². The van der Waals surface area contributed by atoms with E-state index in [2.05, 4.69) is 5.32 Å². The Kier molecular flexibility index (Phi) is 8.12. The molecule has 0 saturated carbocycles. The third-order valence-electron chi connectivity index (χ3n) is 1.68. The number of rotatable bonds is 8. The minimum atomic E-state index is -0.366. The Hall–Kier alpha value is -0.750. The van der Waals surface area contributed by atoms with Crippen molar-refractivity contribution in [2.45, 2.75) is 13.3 Å². The molecular weight excluding hydrogens is 216 g/mol. The van der Waals surface area contributed by atoms with E-state index >= 15 is 0 Å². The number of hydrogen-bond acceptors (Lipinski definition) is 4. The SMILES string of the molecule is CC(CO)CNC(=O)CCSCC(N)=O. The molecule has 0 rings (SSSR count). The minimum absolute atomic E-state index is 0.0627. The Morgan fingerprint density at radius 2 is 2.20 bits per heavy atom. The van der Waals surface area contributed by atoms with Crippen LogP contribution in [0.1, 0.15) is 13.3 Å². The van der Waals surface area contributed by atoms with Gasteiger partial charge < -0.3 is 16.2 Å². The zero-order valence-electron chi connectivity index (χ0n) is 8.86. The number of aliphatic hydroxyl groups is 1. The van der Waals surface area contributed by atoms with Gasteiger partial charge in [0, 0.05) is 25.3 Å². The number of hydrogen-bond donors (Lipinski definition) is 3. The lowest BCUT2D eigenvalue weighted by atomic mass is 10.2. The highest BCUT2D eigenvalue weighted by Gasteiger charge is 2.04. The van der Waals surface area contributed by atoms with Crippen LogP contribution in [0.25, 0.3) is 0 Å². The van der Waals surface area contributed by atoms with E-state index in [9.17, 15) is 9.59 Å². The predicted molar refractivity (Wildman–Crippen MR) is 60.4 cm³/mol. The van der Waals surface area contributed by atoms with Gasteiger partial charge in [0.05, 0.1) is 5.75 Å². The van der Waals surface area contributed by atoms with E-state index in [1.165, 1.54) is 11.8 Å². The molecule has 0 bridgehead atoms. The average molecular weight is 234 g/mol. The first-order valence-electron chi connectivity index (χ1n) is 4.80. The lowest BCUT2D eigenvalue weighted by molar-refractivity contribution is -0.121. The third-order valence-corrected chi connectivity index (χ3v) is 2.66. The molecule has 5 nitrogen and oxygen atoms in total. The molecule has 0 fully saturated rings. The molecule has 88 valence electrons. The van der Waals surface area contributed by atoms with E-state index in [0.717, 1.165) is 0 Å².